The molecule has 30 heavy (non-hydrogen) atoms. The van der Waals surface area contributed by atoms with Crippen LogP contribution in [0.2, 0.25) is 5.02 Å². The van der Waals surface area contributed by atoms with Gasteiger partial charge in [-0.15, -0.1) is 0 Å². The number of carbonyl (C=O) groups excluding carboxylic acids is 2. The van der Waals surface area contributed by atoms with Gasteiger partial charge in [0.1, 0.15) is 11.9 Å². The molecule has 0 bridgehead atoms. The van der Waals surface area contributed by atoms with Crippen molar-refractivity contribution < 1.29 is 14.7 Å². The Morgan fingerprint density at radius 1 is 1.30 bits per heavy atom. The van der Waals surface area contributed by atoms with Crippen molar-refractivity contribution in [1.82, 2.24) is 20.2 Å². The van der Waals surface area contributed by atoms with Crippen molar-refractivity contribution in [2.24, 2.45) is 5.92 Å². The highest BCUT2D eigenvalue weighted by molar-refractivity contribution is 6.35. The number of aromatic nitrogens is 2. The molecule has 0 saturated heterocycles. The second-order valence-electron chi connectivity index (χ2n) is 7.18. The third kappa shape index (κ3) is 4.14. The molecule has 2 aliphatic rings. The quantitative estimate of drug-likeness (QED) is 0.614. The van der Waals surface area contributed by atoms with Crippen LogP contribution < -0.4 is 5.32 Å². The fourth-order valence-corrected chi connectivity index (χ4v) is 3.98. The van der Waals surface area contributed by atoms with Gasteiger partial charge >= 0.3 is 0 Å². The van der Waals surface area contributed by atoms with Crippen molar-refractivity contribution in [2.75, 3.05) is 19.7 Å². The molecule has 4 rings (SSSR count). The number of imidazole rings is 1. The van der Waals surface area contributed by atoms with E-state index in [1.807, 2.05) is 12.2 Å². The zero-order chi connectivity index (χ0) is 21.3. The van der Waals surface area contributed by atoms with E-state index in [0.29, 0.717) is 41.4 Å². The topological polar surface area (TPSA) is 98.3 Å². The zero-order valence-electron chi connectivity index (χ0n) is 15.9. The highest BCUT2D eigenvalue weighted by atomic mass is 35.5. The van der Waals surface area contributed by atoms with Crippen molar-refractivity contribution in [3.8, 4) is 0 Å². The molecular formula is C21H20Cl2N4O3. The molecule has 3 N–H and O–H groups in total. The van der Waals surface area contributed by atoms with Crippen LogP contribution >= 0.6 is 23.2 Å². The molecule has 9 heteroatoms. The molecule has 0 radical (unpaired) electrons. The van der Waals surface area contributed by atoms with Gasteiger partial charge in [0.05, 0.1) is 29.1 Å². The number of fused-ring (bicyclic) bond motifs is 1. The summed E-state index contributed by atoms with van der Waals surface area (Å²) in [7, 11) is 0. The molecule has 0 spiro atoms. The lowest BCUT2D eigenvalue weighted by molar-refractivity contribution is -0.126. The smallest absolute Gasteiger partial charge is 0.255 e. The molecule has 1 aromatic carbocycles. The van der Waals surface area contributed by atoms with E-state index >= 15 is 0 Å². The summed E-state index contributed by atoms with van der Waals surface area (Å²) in [6.45, 7) is 0.793. The molecule has 2 atom stereocenters. The van der Waals surface area contributed by atoms with Gasteiger partial charge in [-0.2, -0.15) is 0 Å². The molecule has 156 valence electrons. The van der Waals surface area contributed by atoms with Gasteiger partial charge in [-0.25, -0.2) is 4.98 Å². The van der Waals surface area contributed by atoms with Crippen molar-refractivity contribution >= 4 is 46.0 Å². The zero-order valence-corrected chi connectivity index (χ0v) is 17.5. The summed E-state index contributed by atoms with van der Waals surface area (Å²) in [4.78, 5) is 34.5. The number of aliphatic hydroxyl groups is 1. The largest absolute Gasteiger partial charge is 0.394 e. The molecule has 1 aliphatic heterocycles. The number of allylic oxidation sites excluding steroid dienone is 1. The molecule has 1 aliphatic carbocycles. The van der Waals surface area contributed by atoms with Crippen LogP contribution in [0.25, 0.3) is 11.0 Å². The Balaban J connectivity index is 1.44. The van der Waals surface area contributed by atoms with E-state index in [1.54, 1.807) is 35.3 Å². The molecule has 2 aromatic rings. The number of amides is 2. The normalized spacial score (nSPS) is 19.6. The van der Waals surface area contributed by atoms with Crippen LogP contribution in [0.4, 0.5) is 0 Å². The Bertz CT molecular complexity index is 1080. The van der Waals surface area contributed by atoms with E-state index in [9.17, 15) is 14.7 Å². The Labute approximate surface area is 183 Å². The number of nitrogens with zero attached hydrogens (tertiary/aromatic N) is 2. The first-order valence-electron chi connectivity index (χ1n) is 9.55. The second-order valence-corrected chi connectivity index (χ2v) is 8.03. The average Bonchev–Trinajstić information content (AvgIpc) is 3.40. The number of hydrogen-bond donors (Lipinski definition) is 3. The SMILES string of the molecule is O=C(NC(CO)c1nc2cc(Cl)ccc2[nH]1)C1C=C(Cl)C(C(=O)N2CC=CC2)=CC1. The van der Waals surface area contributed by atoms with E-state index in [0.717, 1.165) is 5.52 Å². The van der Waals surface area contributed by atoms with Gasteiger partial charge in [-0.1, -0.05) is 47.5 Å². The second kappa shape index (κ2) is 8.63. The molecule has 2 heterocycles. The third-order valence-electron chi connectivity index (χ3n) is 5.15. The van der Waals surface area contributed by atoms with Crippen molar-refractivity contribution in [2.45, 2.75) is 12.5 Å². The standard InChI is InChI=1S/C21H20Cl2N4O3/c22-13-4-6-16-17(10-13)25-19(24-16)18(11-28)26-20(29)12-3-5-14(15(23)9-12)21(30)27-7-1-2-8-27/h1-2,4-6,9-10,12,18,28H,3,7-8,11H2,(H,24,25)(H,26,29). The van der Waals surface area contributed by atoms with Gasteiger partial charge in [0.25, 0.3) is 5.91 Å². The lowest BCUT2D eigenvalue weighted by Crippen LogP contribution is -2.36. The minimum absolute atomic E-state index is 0.144. The maximum absolute atomic E-state index is 12.8. The monoisotopic (exact) mass is 446 g/mol. The van der Waals surface area contributed by atoms with Crippen molar-refractivity contribution in [3.05, 3.63) is 64.0 Å². The van der Waals surface area contributed by atoms with Crippen LogP contribution in [-0.2, 0) is 9.59 Å². The Hall–Kier alpha value is -2.61. The Morgan fingerprint density at radius 3 is 2.77 bits per heavy atom. The first-order valence-corrected chi connectivity index (χ1v) is 10.3. The summed E-state index contributed by atoms with van der Waals surface area (Å²) in [5, 5.41) is 13.4. The van der Waals surface area contributed by atoms with Crippen LogP contribution in [0.3, 0.4) is 0 Å². The summed E-state index contributed by atoms with van der Waals surface area (Å²) < 4.78 is 0. The van der Waals surface area contributed by atoms with E-state index in [4.69, 9.17) is 23.2 Å². The van der Waals surface area contributed by atoms with E-state index in [-0.39, 0.29) is 23.5 Å². The number of halogens is 2. The van der Waals surface area contributed by atoms with Gasteiger partial charge < -0.3 is 20.3 Å². The van der Waals surface area contributed by atoms with E-state index in [2.05, 4.69) is 15.3 Å². The van der Waals surface area contributed by atoms with Crippen LogP contribution in [0.15, 0.2) is 53.1 Å². The number of benzene rings is 1. The van der Waals surface area contributed by atoms with Crippen LogP contribution in [-0.4, -0.2) is 51.5 Å². The third-order valence-corrected chi connectivity index (χ3v) is 5.71. The fourth-order valence-electron chi connectivity index (χ4n) is 3.51. The lowest BCUT2D eigenvalue weighted by Gasteiger charge is -2.23. The fraction of sp³-hybridized carbons (Fsp3) is 0.286. The summed E-state index contributed by atoms with van der Waals surface area (Å²) in [5.74, 6) is -0.564. The van der Waals surface area contributed by atoms with Gasteiger partial charge in [-0.05, 0) is 24.6 Å². The highest BCUT2D eigenvalue weighted by Crippen LogP contribution is 2.29. The highest BCUT2D eigenvalue weighted by Gasteiger charge is 2.28. The minimum atomic E-state index is -0.710. The number of H-pyrrole nitrogens is 1. The number of aliphatic hydroxyl groups excluding tert-OH is 1. The predicted molar refractivity (Wildman–Crippen MR) is 115 cm³/mol. The average molecular weight is 447 g/mol. The van der Waals surface area contributed by atoms with Crippen LogP contribution in [0.1, 0.15) is 18.3 Å². The number of nitrogens with one attached hydrogen (secondary N) is 2. The van der Waals surface area contributed by atoms with Gasteiger partial charge in [-0.3, -0.25) is 9.59 Å². The summed E-state index contributed by atoms with van der Waals surface area (Å²) >= 11 is 12.3. The summed E-state index contributed by atoms with van der Waals surface area (Å²) in [6, 6.07) is 4.51. The number of rotatable bonds is 5. The Morgan fingerprint density at radius 2 is 2.07 bits per heavy atom. The Kier molecular flexibility index (Phi) is 5.94. The lowest BCUT2D eigenvalue weighted by atomic mass is 9.94. The van der Waals surface area contributed by atoms with E-state index < -0.39 is 12.0 Å². The van der Waals surface area contributed by atoms with Crippen LogP contribution in [0, 0.1) is 5.92 Å². The maximum Gasteiger partial charge on any atom is 0.255 e. The number of aromatic amines is 1. The van der Waals surface area contributed by atoms with Crippen LogP contribution in [0.5, 0.6) is 0 Å². The number of carbonyl (C=O) groups is 2. The minimum Gasteiger partial charge on any atom is -0.394 e. The van der Waals surface area contributed by atoms with Gasteiger partial charge in [0.15, 0.2) is 0 Å². The molecule has 0 saturated carbocycles. The molecule has 1 aromatic heterocycles. The van der Waals surface area contributed by atoms with Crippen molar-refractivity contribution in [1.29, 1.82) is 0 Å². The molecule has 7 nitrogen and oxygen atoms in total. The summed E-state index contributed by atoms with van der Waals surface area (Å²) in [6.07, 6.45) is 7.48. The first-order chi connectivity index (χ1) is 14.5. The molecular weight excluding hydrogens is 427 g/mol. The maximum atomic E-state index is 12.8. The molecule has 0 fully saturated rings. The predicted octanol–water partition coefficient (Wildman–Crippen LogP) is 2.83. The first kappa shape index (κ1) is 20.7. The van der Waals surface area contributed by atoms with Gasteiger partial charge in [0, 0.05) is 23.1 Å². The van der Waals surface area contributed by atoms with E-state index in [1.165, 1.54) is 0 Å². The number of hydrogen-bond acceptors (Lipinski definition) is 4. The summed E-state index contributed by atoms with van der Waals surface area (Å²) in [5.41, 5.74) is 1.82. The van der Waals surface area contributed by atoms with Crippen molar-refractivity contribution in [3.63, 3.8) is 0 Å². The molecule has 2 amide bonds. The van der Waals surface area contributed by atoms with Gasteiger partial charge in [0.2, 0.25) is 5.91 Å². The molecule has 2 unspecified atom stereocenters.